The van der Waals surface area contributed by atoms with E-state index in [0.29, 0.717) is 10.3 Å². The summed E-state index contributed by atoms with van der Waals surface area (Å²) >= 11 is 3.08. The number of H-pyrrole nitrogens is 1. The Bertz CT molecular complexity index is 373. The minimum Gasteiger partial charge on any atom is -0.317 e. The lowest BCUT2D eigenvalue weighted by Gasteiger charge is -2.20. The Labute approximate surface area is 94.7 Å². The molecule has 1 aromatic heterocycles. The number of hydrogen-bond donors (Lipinski definition) is 2. The van der Waals surface area contributed by atoms with Crippen LogP contribution in [-0.4, -0.2) is 28.2 Å². The molecule has 1 fully saturated rings. The molecule has 0 radical (unpaired) electrons. The molecule has 0 spiro atoms. The molecule has 0 aliphatic carbocycles. The molecule has 1 saturated heterocycles. The maximum Gasteiger partial charge on any atom is 0.324 e. The predicted molar refractivity (Wildman–Crippen MR) is 57.8 cm³/mol. The Morgan fingerprint density at radius 1 is 1.47 bits per heavy atom. The Kier molecular flexibility index (Phi) is 3.01. The van der Waals surface area contributed by atoms with Gasteiger partial charge < -0.3 is 5.32 Å². The normalized spacial score (nSPS) is 17.9. The Morgan fingerprint density at radius 3 is 2.73 bits per heavy atom. The van der Waals surface area contributed by atoms with Crippen LogP contribution in [0.5, 0.6) is 0 Å². The fourth-order valence-electron chi connectivity index (χ4n) is 1.90. The Morgan fingerprint density at radius 2 is 2.13 bits per heavy atom. The topological polar surface area (TPSA) is 83.8 Å². The molecule has 7 heteroatoms. The average molecular weight is 275 g/mol. The molecule has 15 heavy (non-hydrogen) atoms. The van der Waals surface area contributed by atoms with Crippen LogP contribution in [0.2, 0.25) is 0 Å². The number of rotatable bonds is 2. The van der Waals surface area contributed by atoms with Gasteiger partial charge in [-0.05, 0) is 41.9 Å². The van der Waals surface area contributed by atoms with Gasteiger partial charge in [0.25, 0.3) is 0 Å². The van der Waals surface area contributed by atoms with Crippen molar-refractivity contribution in [2.24, 2.45) is 0 Å². The van der Waals surface area contributed by atoms with Gasteiger partial charge in [-0.3, -0.25) is 15.2 Å². The van der Waals surface area contributed by atoms with Gasteiger partial charge in [-0.25, -0.2) is 0 Å². The third-order valence-electron chi connectivity index (χ3n) is 2.66. The first kappa shape index (κ1) is 10.6. The van der Waals surface area contributed by atoms with Crippen molar-refractivity contribution in [3.8, 4) is 0 Å². The fraction of sp³-hybridized carbons (Fsp3) is 0.625. The number of aromatic nitrogens is 2. The van der Waals surface area contributed by atoms with Gasteiger partial charge in [0.05, 0.1) is 4.92 Å². The lowest BCUT2D eigenvalue weighted by atomic mass is 9.94. The van der Waals surface area contributed by atoms with Crippen molar-refractivity contribution < 1.29 is 4.92 Å². The SMILES string of the molecule is O=[N+]([O-])c1c(Br)n[nH]c1C1CCNCC1. The third-order valence-corrected chi connectivity index (χ3v) is 3.21. The van der Waals surface area contributed by atoms with Crippen molar-refractivity contribution in [2.45, 2.75) is 18.8 Å². The quantitative estimate of drug-likeness (QED) is 0.633. The molecule has 1 aromatic rings. The maximum atomic E-state index is 10.8. The van der Waals surface area contributed by atoms with E-state index < -0.39 is 0 Å². The molecule has 6 nitrogen and oxygen atoms in total. The van der Waals surface area contributed by atoms with Crippen molar-refractivity contribution in [2.75, 3.05) is 13.1 Å². The maximum absolute atomic E-state index is 10.8. The first-order valence-corrected chi connectivity index (χ1v) is 5.58. The van der Waals surface area contributed by atoms with E-state index in [1.807, 2.05) is 0 Å². The summed E-state index contributed by atoms with van der Waals surface area (Å²) < 4.78 is 0.293. The van der Waals surface area contributed by atoms with Crippen LogP contribution >= 0.6 is 15.9 Å². The molecule has 1 aliphatic rings. The van der Waals surface area contributed by atoms with E-state index in [4.69, 9.17) is 0 Å². The summed E-state index contributed by atoms with van der Waals surface area (Å²) in [6.07, 6.45) is 1.82. The van der Waals surface area contributed by atoms with E-state index in [1.165, 1.54) is 0 Å². The zero-order valence-corrected chi connectivity index (χ0v) is 9.58. The fourth-order valence-corrected chi connectivity index (χ4v) is 2.34. The molecule has 0 bridgehead atoms. The largest absolute Gasteiger partial charge is 0.324 e. The van der Waals surface area contributed by atoms with Gasteiger partial charge in [-0.1, -0.05) is 0 Å². The molecule has 0 aromatic carbocycles. The van der Waals surface area contributed by atoms with E-state index in [9.17, 15) is 10.1 Å². The number of aromatic amines is 1. The van der Waals surface area contributed by atoms with Gasteiger partial charge in [0.15, 0.2) is 0 Å². The van der Waals surface area contributed by atoms with Crippen LogP contribution < -0.4 is 5.32 Å². The van der Waals surface area contributed by atoms with Gasteiger partial charge in [0.2, 0.25) is 4.60 Å². The molecule has 0 unspecified atom stereocenters. The number of hydrogen-bond acceptors (Lipinski definition) is 4. The van der Waals surface area contributed by atoms with E-state index in [1.54, 1.807) is 0 Å². The zero-order chi connectivity index (χ0) is 10.8. The van der Waals surface area contributed by atoms with Crippen LogP contribution in [0, 0.1) is 10.1 Å². The molecule has 0 atom stereocenters. The molecule has 2 N–H and O–H groups in total. The van der Waals surface area contributed by atoms with Crippen LogP contribution in [0.3, 0.4) is 0 Å². The van der Waals surface area contributed by atoms with Gasteiger partial charge in [0.1, 0.15) is 5.69 Å². The smallest absolute Gasteiger partial charge is 0.317 e. The lowest BCUT2D eigenvalue weighted by molar-refractivity contribution is -0.386. The molecule has 82 valence electrons. The van der Waals surface area contributed by atoms with E-state index in [2.05, 4.69) is 31.4 Å². The van der Waals surface area contributed by atoms with E-state index in [-0.39, 0.29) is 16.5 Å². The number of piperidine rings is 1. The number of halogens is 1. The second kappa shape index (κ2) is 4.28. The summed E-state index contributed by atoms with van der Waals surface area (Å²) in [6, 6.07) is 0. The minimum atomic E-state index is -0.384. The van der Waals surface area contributed by atoms with Crippen LogP contribution in [-0.2, 0) is 0 Å². The molecular weight excluding hydrogens is 264 g/mol. The molecular formula is C8H11BrN4O2. The highest BCUT2D eigenvalue weighted by Crippen LogP contribution is 2.34. The van der Waals surface area contributed by atoms with Gasteiger partial charge >= 0.3 is 5.69 Å². The van der Waals surface area contributed by atoms with Crippen molar-refractivity contribution in [3.05, 3.63) is 20.4 Å². The van der Waals surface area contributed by atoms with Crippen LogP contribution in [0.1, 0.15) is 24.5 Å². The van der Waals surface area contributed by atoms with Crippen LogP contribution in [0.15, 0.2) is 4.60 Å². The van der Waals surface area contributed by atoms with Crippen LogP contribution in [0.4, 0.5) is 5.69 Å². The molecule has 1 aliphatic heterocycles. The Hall–Kier alpha value is -0.950. The van der Waals surface area contributed by atoms with Crippen molar-refractivity contribution in [1.82, 2.24) is 15.5 Å². The summed E-state index contributed by atoms with van der Waals surface area (Å²) in [5.41, 5.74) is 0.732. The first-order chi connectivity index (χ1) is 7.20. The van der Waals surface area contributed by atoms with Crippen molar-refractivity contribution >= 4 is 21.6 Å². The highest BCUT2D eigenvalue weighted by atomic mass is 79.9. The minimum absolute atomic E-state index is 0.0851. The molecule has 0 amide bonds. The standard InChI is InChI=1S/C8H11BrN4O2/c9-8-7(13(14)15)6(11-12-8)5-1-3-10-4-2-5/h5,10H,1-4H2,(H,11,12). The molecule has 0 saturated carbocycles. The molecule has 2 heterocycles. The highest BCUT2D eigenvalue weighted by molar-refractivity contribution is 9.10. The summed E-state index contributed by atoms with van der Waals surface area (Å²) in [5.74, 6) is 0.213. The number of nitrogens with zero attached hydrogens (tertiary/aromatic N) is 2. The summed E-state index contributed by atoms with van der Waals surface area (Å²) in [7, 11) is 0. The zero-order valence-electron chi connectivity index (χ0n) is 7.99. The van der Waals surface area contributed by atoms with E-state index in [0.717, 1.165) is 25.9 Å². The lowest BCUT2D eigenvalue weighted by Crippen LogP contribution is -2.27. The summed E-state index contributed by atoms with van der Waals surface area (Å²) in [5, 5.41) is 20.7. The summed E-state index contributed by atoms with van der Waals surface area (Å²) in [4.78, 5) is 10.5. The highest BCUT2D eigenvalue weighted by Gasteiger charge is 2.29. The van der Waals surface area contributed by atoms with Gasteiger partial charge in [-0.15, -0.1) is 0 Å². The van der Waals surface area contributed by atoms with Gasteiger partial charge in [-0.2, -0.15) is 5.10 Å². The van der Waals surface area contributed by atoms with Crippen LogP contribution in [0.25, 0.3) is 0 Å². The third kappa shape index (κ3) is 2.03. The van der Waals surface area contributed by atoms with Crippen molar-refractivity contribution in [3.63, 3.8) is 0 Å². The predicted octanol–water partition coefficient (Wildman–Crippen LogP) is 1.55. The number of nitro groups is 1. The Balaban J connectivity index is 2.30. The van der Waals surface area contributed by atoms with E-state index >= 15 is 0 Å². The van der Waals surface area contributed by atoms with Gasteiger partial charge in [0, 0.05) is 5.92 Å². The van der Waals surface area contributed by atoms with Crippen molar-refractivity contribution in [1.29, 1.82) is 0 Å². The summed E-state index contributed by atoms with van der Waals surface area (Å²) in [6.45, 7) is 1.80. The first-order valence-electron chi connectivity index (χ1n) is 4.79. The monoisotopic (exact) mass is 274 g/mol. The molecule has 2 rings (SSSR count). The number of nitrogens with one attached hydrogen (secondary N) is 2. The second-order valence-electron chi connectivity index (χ2n) is 3.56. The average Bonchev–Trinajstić information content (AvgIpc) is 2.61. The second-order valence-corrected chi connectivity index (χ2v) is 4.31.